The maximum absolute atomic E-state index is 5.41. The number of ether oxygens (including phenoxy) is 2. The van der Waals surface area contributed by atoms with Crippen LogP contribution >= 0.6 is 0 Å². The van der Waals surface area contributed by atoms with Crippen molar-refractivity contribution in [1.29, 1.82) is 0 Å². The minimum Gasteiger partial charge on any atom is -0.497 e. The molecule has 0 atom stereocenters. The van der Waals surface area contributed by atoms with Crippen LogP contribution in [0.25, 0.3) is 22.8 Å². The lowest BCUT2D eigenvalue weighted by Crippen LogP contribution is -2.03. The third-order valence-electron chi connectivity index (χ3n) is 4.42. The number of benzene rings is 2. The Morgan fingerprint density at radius 3 is 2.52 bits per heavy atom. The molecule has 0 saturated heterocycles. The van der Waals surface area contributed by atoms with Crippen molar-refractivity contribution in [3.05, 3.63) is 72.4 Å². The average molecular weight is 388 g/mol. The Bertz CT molecular complexity index is 1080. The van der Waals surface area contributed by atoms with Crippen LogP contribution in [0.5, 0.6) is 11.5 Å². The molecule has 0 aliphatic heterocycles. The molecule has 0 saturated carbocycles. The summed E-state index contributed by atoms with van der Waals surface area (Å²) in [4.78, 5) is 8.89. The zero-order valence-electron chi connectivity index (χ0n) is 16.1. The van der Waals surface area contributed by atoms with Gasteiger partial charge in [-0.25, -0.2) is 4.98 Å². The van der Waals surface area contributed by atoms with Crippen molar-refractivity contribution < 1.29 is 14.0 Å². The highest BCUT2D eigenvalue weighted by atomic mass is 16.5. The van der Waals surface area contributed by atoms with Crippen LogP contribution in [0.3, 0.4) is 0 Å². The second-order valence-corrected chi connectivity index (χ2v) is 6.25. The normalized spacial score (nSPS) is 10.6. The van der Waals surface area contributed by atoms with Gasteiger partial charge >= 0.3 is 0 Å². The fourth-order valence-electron chi connectivity index (χ4n) is 2.88. The highest BCUT2D eigenvalue weighted by molar-refractivity contribution is 5.60. The SMILES string of the molecule is COc1ccc(OC)c(CNc2ccc(-c3nc(-c4ccccc4)no3)cn2)c1. The molecule has 1 N–H and O–H groups in total. The molecule has 2 heterocycles. The first-order chi connectivity index (χ1) is 14.3. The molecule has 0 unspecified atom stereocenters. The Labute approximate surface area is 168 Å². The van der Waals surface area contributed by atoms with Crippen molar-refractivity contribution in [2.75, 3.05) is 19.5 Å². The fraction of sp³-hybridized carbons (Fsp3) is 0.136. The highest BCUT2D eigenvalue weighted by Gasteiger charge is 2.11. The molecule has 2 aromatic carbocycles. The summed E-state index contributed by atoms with van der Waals surface area (Å²) in [5, 5.41) is 7.32. The van der Waals surface area contributed by atoms with E-state index in [1.54, 1.807) is 20.4 Å². The van der Waals surface area contributed by atoms with Crippen LogP contribution in [0.15, 0.2) is 71.4 Å². The molecule has 0 aliphatic rings. The van der Waals surface area contributed by atoms with Gasteiger partial charge in [-0.2, -0.15) is 4.98 Å². The molecule has 0 amide bonds. The molecule has 4 rings (SSSR count). The van der Waals surface area contributed by atoms with Crippen molar-refractivity contribution in [2.24, 2.45) is 0 Å². The largest absolute Gasteiger partial charge is 0.497 e. The summed E-state index contributed by atoms with van der Waals surface area (Å²) >= 11 is 0. The van der Waals surface area contributed by atoms with E-state index in [4.69, 9.17) is 14.0 Å². The Morgan fingerprint density at radius 2 is 1.79 bits per heavy atom. The summed E-state index contributed by atoms with van der Waals surface area (Å²) in [6.45, 7) is 0.547. The first-order valence-electron chi connectivity index (χ1n) is 9.07. The van der Waals surface area contributed by atoms with Crippen molar-refractivity contribution in [3.8, 4) is 34.3 Å². The number of anilines is 1. The van der Waals surface area contributed by atoms with Crippen LogP contribution in [0, 0.1) is 0 Å². The molecule has 0 radical (unpaired) electrons. The molecule has 0 spiro atoms. The molecule has 146 valence electrons. The third kappa shape index (κ3) is 4.19. The monoisotopic (exact) mass is 388 g/mol. The lowest BCUT2D eigenvalue weighted by atomic mass is 10.2. The fourth-order valence-corrected chi connectivity index (χ4v) is 2.88. The van der Waals surface area contributed by atoms with E-state index in [-0.39, 0.29) is 0 Å². The molecule has 2 aromatic heterocycles. The first kappa shape index (κ1) is 18.5. The Kier molecular flexibility index (Phi) is 5.38. The van der Waals surface area contributed by atoms with Crippen LogP contribution in [0.1, 0.15) is 5.56 Å². The second-order valence-electron chi connectivity index (χ2n) is 6.25. The van der Waals surface area contributed by atoms with Gasteiger partial charge in [0, 0.05) is 23.9 Å². The van der Waals surface area contributed by atoms with Crippen LogP contribution in [0.4, 0.5) is 5.82 Å². The van der Waals surface area contributed by atoms with Gasteiger partial charge in [0.1, 0.15) is 17.3 Å². The third-order valence-corrected chi connectivity index (χ3v) is 4.42. The van der Waals surface area contributed by atoms with E-state index in [0.717, 1.165) is 34.0 Å². The lowest BCUT2D eigenvalue weighted by molar-refractivity contribution is 0.399. The van der Waals surface area contributed by atoms with Crippen molar-refractivity contribution in [2.45, 2.75) is 6.54 Å². The van der Waals surface area contributed by atoms with E-state index in [9.17, 15) is 0 Å². The highest BCUT2D eigenvalue weighted by Crippen LogP contribution is 2.25. The topological polar surface area (TPSA) is 82.3 Å². The van der Waals surface area contributed by atoms with E-state index < -0.39 is 0 Å². The molecule has 7 heteroatoms. The quantitative estimate of drug-likeness (QED) is 0.501. The minimum absolute atomic E-state index is 0.428. The number of pyridine rings is 1. The van der Waals surface area contributed by atoms with Gasteiger partial charge in [0.15, 0.2) is 0 Å². The van der Waals surface area contributed by atoms with Crippen molar-refractivity contribution in [1.82, 2.24) is 15.1 Å². The summed E-state index contributed by atoms with van der Waals surface area (Å²) < 4.78 is 16.1. The van der Waals surface area contributed by atoms with E-state index in [2.05, 4.69) is 20.4 Å². The van der Waals surface area contributed by atoms with Crippen LogP contribution in [0.2, 0.25) is 0 Å². The first-order valence-corrected chi connectivity index (χ1v) is 9.07. The van der Waals surface area contributed by atoms with Crippen LogP contribution < -0.4 is 14.8 Å². The zero-order valence-corrected chi connectivity index (χ0v) is 16.1. The summed E-state index contributed by atoms with van der Waals surface area (Å²) in [7, 11) is 3.28. The lowest BCUT2D eigenvalue weighted by Gasteiger charge is -2.11. The van der Waals surface area contributed by atoms with E-state index in [0.29, 0.717) is 18.3 Å². The molecule has 4 aromatic rings. The van der Waals surface area contributed by atoms with Gasteiger partial charge in [-0.05, 0) is 30.3 Å². The summed E-state index contributed by atoms with van der Waals surface area (Å²) in [5.74, 6) is 3.26. The van der Waals surface area contributed by atoms with Gasteiger partial charge in [0.2, 0.25) is 5.82 Å². The van der Waals surface area contributed by atoms with E-state index in [1.807, 2.05) is 60.7 Å². The van der Waals surface area contributed by atoms with Crippen molar-refractivity contribution >= 4 is 5.82 Å². The molecule has 0 bridgehead atoms. The molecule has 7 nitrogen and oxygen atoms in total. The van der Waals surface area contributed by atoms with Crippen LogP contribution in [-0.2, 0) is 6.54 Å². The average Bonchev–Trinajstić information content (AvgIpc) is 3.29. The number of hydrogen-bond donors (Lipinski definition) is 1. The van der Waals surface area contributed by atoms with Gasteiger partial charge in [-0.3, -0.25) is 0 Å². The van der Waals surface area contributed by atoms with Gasteiger partial charge in [0.25, 0.3) is 5.89 Å². The zero-order chi connectivity index (χ0) is 20.1. The van der Waals surface area contributed by atoms with Crippen LogP contribution in [-0.4, -0.2) is 29.3 Å². The minimum atomic E-state index is 0.428. The Balaban J connectivity index is 1.46. The second kappa shape index (κ2) is 8.43. The number of nitrogens with one attached hydrogen (secondary N) is 1. The summed E-state index contributed by atoms with van der Waals surface area (Å²) in [6.07, 6.45) is 1.70. The van der Waals surface area contributed by atoms with E-state index in [1.165, 1.54) is 0 Å². The molecule has 0 aliphatic carbocycles. The summed E-state index contributed by atoms with van der Waals surface area (Å²) in [6, 6.07) is 19.1. The number of rotatable bonds is 7. The standard InChI is InChI=1S/C22H20N4O3/c1-27-18-9-10-19(28-2)17(12-18)14-24-20-11-8-16(13-23-20)22-25-21(26-29-22)15-6-4-3-5-7-15/h3-13H,14H2,1-2H3,(H,23,24). The van der Waals surface area contributed by atoms with E-state index >= 15 is 0 Å². The molecular weight excluding hydrogens is 368 g/mol. The number of aromatic nitrogens is 3. The smallest absolute Gasteiger partial charge is 0.259 e. The van der Waals surface area contributed by atoms with Gasteiger partial charge in [-0.15, -0.1) is 0 Å². The van der Waals surface area contributed by atoms with Gasteiger partial charge in [0.05, 0.1) is 19.8 Å². The number of hydrogen-bond acceptors (Lipinski definition) is 7. The maximum atomic E-state index is 5.41. The van der Waals surface area contributed by atoms with Gasteiger partial charge < -0.3 is 19.3 Å². The maximum Gasteiger partial charge on any atom is 0.259 e. The van der Waals surface area contributed by atoms with Crippen molar-refractivity contribution in [3.63, 3.8) is 0 Å². The predicted octanol–water partition coefficient (Wildman–Crippen LogP) is 4.43. The molecule has 29 heavy (non-hydrogen) atoms. The number of methoxy groups -OCH3 is 2. The molecule has 0 fully saturated rings. The van der Waals surface area contributed by atoms with Gasteiger partial charge in [-0.1, -0.05) is 35.5 Å². The Hall–Kier alpha value is -3.87. The number of nitrogens with zero attached hydrogens (tertiary/aromatic N) is 3. The summed E-state index contributed by atoms with van der Waals surface area (Å²) in [5.41, 5.74) is 2.63. The molecular formula is C22H20N4O3. The Morgan fingerprint density at radius 1 is 0.931 bits per heavy atom. The predicted molar refractivity (Wildman–Crippen MR) is 110 cm³/mol.